The predicted octanol–water partition coefficient (Wildman–Crippen LogP) is 6.64. The van der Waals surface area contributed by atoms with Crippen LogP contribution < -0.4 is 9.62 Å². The second kappa shape index (κ2) is 14.8. The van der Waals surface area contributed by atoms with E-state index >= 15 is 0 Å². The molecule has 0 unspecified atom stereocenters. The fourth-order valence-electron chi connectivity index (χ4n) is 4.95. The quantitative estimate of drug-likeness (QED) is 0.183. The zero-order valence-corrected chi connectivity index (χ0v) is 26.7. The third-order valence-corrected chi connectivity index (χ3v) is 9.50. The first-order valence-electron chi connectivity index (χ1n) is 14.4. The van der Waals surface area contributed by atoms with Crippen LogP contribution >= 0.6 is 11.6 Å². The molecule has 12 heteroatoms. The topological polar surface area (TPSA) is 86.8 Å². The molecule has 1 atom stereocenters. The molecule has 242 valence electrons. The van der Waals surface area contributed by atoms with Gasteiger partial charge in [-0.25, -0.2) is 8.42 Å². The number of likely N-dealkylation sites (N-methyl/N-ethyl adjacent to an activating group) is 1. The highest BCUT2D eigenvalue weighted by molar-refractivity contribution is 7.92. The van der Waals surface area contributed by atoms with Crippen molar-refractivity contribution in [3.8, 4) is 0 Å². The SMILES string of the molecule is CCNC(=O)[C@@H](Cc1ccccc1)N(Cc1ccccc1C)C(=O)CN(c1ccc(Cl)c(C(F)(F)F)c1)S(=O)(=O)c1ccccc1. The molecule has 0 fully saturated rings. The molecule has 4 rings (SSSR count). The van der Waals surface area contributed by atoms with Gasteiger partial charge in [0.25, 0.3) is 10.0 Å². The molecule has 0 aliphatic heterocycles. The van der Waals surface area contributed by atoms with Crippen LogP contribution in [0.15, 0.2) is 108 Å². The van der Waals surface area contributed by atoms with E-state index in [1.165, 1.54) is 29.2 Å². The molecule has 4 aromatic rings. The highest BCUT2D eigenvalue weighted by atomic mass is 35.5. The molecular weight excluding hydrogens is 639 g/mol. The molecule has 0 bridgehead atoms. The van der Waals surface area contributed by atoms with E-state index in [0.717, 1.165) is 23.3 Å². The van der Waals surface area contributed by atoms with Crippen molar-refractivity contribution in [3.05, 3.63) is 130 Å². The first kappa shape index (κ1) is 34.5. The summed E-state index contributed by atoms with van der Waals surface area (Å²) in [6, 6.07) is 24.9. The van der Waals surface area contributed by atoms with Gasteiger partial charge in [-0.2, -0.15) is 13.2 Å². The summed E-state index contributed by atoms with van der Waals surface area (Å²) in [5, 5.41) is 2.14. The number of rotatable bonds is 12. The largest absolute Gasteiger partial charge is 0.417 e. The number of hydrogen-bond acceptors (Lipinski definition) is 4. The Bertz CT molecular complexity index is 1770. The van der Waals surface area contributed by atoms with Crippen LogP contribution in [0.1, 0.15) is 29.2 Å². The number of carbonyl (C=O) groups excluding carboxylic acids is 2. The van der Waals surface area contributed by atoms with Crippen LogP contribution in [0.4, 0.5) is 18.9 Å². The summed E-state index contributed by atoms with van der Waals surface area (Å²) in [4.78, 5) is 29.0. The first-order chi connectivity index (χ1) is 21.8. The lowest BCUT2D eigenvalue weighted by atomic mass is 10.0. The molecule has 0 aliphatic carbocycles. The maximum atomic E-state index is 14.4. The zero-order valence-electron chi connectivity index (χ0n) is 25.2. The van der Waals surface area contributed by atoms with Crippen molar-refractivity contribution in [3.63, 3.8) is 0 Å². The molecule has 0 saturated carbocycles. The lowest BCUT2D eigenvalue weighted by Crippen LogP contribution is -2.53. The number of anilines is 1. The molecule has 4 aromatic carbocycles. The van der Waals surface area contributed by atoms with Crippen LogP contribution in [0.3, 0.4) is 0 Å². The number of amides is 2. The molecule has 46 heavy (non-hydrogen) atoms. The van der Waals surface area contributed by atoms with Gasteiger partial charge >= 0.3 is 6.18 Å². The van der Waals surface area contributed by atoms with E-state index in [2.05, 4.69) is 5.32 Å². The molecule has 0 aromatic heterocycles. The maximum Gasteiger partial charge on any atom is 0.417 e. The number of sulfonamides is 1. The molecule has 2 amide bonds. The minimum atomic E-state index is -4.89. The van der Waals surface area contributed by atoms with Gasteiger partial charge in [0.05, 0.1) is 21.2 Å². The number of hydrogen-bond donors (Lipinski definition) is 1. The third-order valence-electron chi connectivity index (χ3n) is 7.38. The summed E-state index contributed by atoms with van der Waals surface area (Å²) in [7, 11) is -4.58. The Morgan fingerprint density at radius 2 is 1.50 bits per heavy atom. The van der Waals surface area contributed by atoms with Crippen LogP contribution in [-0.2, 0) is 38.8 Å². The summed E-state index contributed by atoms with van der Waals surface area (Å²) in [6.45, 7) is 2.89. The van der Waals surface area contributed by atoms with Gasteiger partial charge in [-0.15, -0.1) is 0 Å². The van der Waals surface area contributed by atoms with Gasteiger partial charge in [-0.3, -0.25) is 13.9 Å². The lowest BCUT2D eigenvalue weighted by Gasteiger charge is -2.34. The molecule has 0 radical (unpaired) electrons. The monoisotopic (exact) mass is 671 g/mol. The minimum Gasteiger partial charge on any atom is -0.355 e. The number of aryl methyl sites for hydroxylation is 1. The van der Waals surface area contributed by atoms with E-state index in [1.807, 2.05) is 25.1 Å². The van der Waals surface area contributed by atoms with E-state index < -0.39 is 56.9 Å². The summed E-state index contributed by atoms with van der Waals surface area (Å²) >= 11 is 5.85. The van der Waals surface area contributed by atoms with E-state index in [-0.39, 0.29) is 24.4 Å². The molecule has 0 heterocycles. The van der Waals surface area contributed by atoms with E-state index in [1.54, 1.807) is 49.4 Å². The van der Waals surface area contributed by atoms with Crippen molar-refractivity contribution in [2.24, 2.45) is 0 Å². The summed E-state index contributed by atoms with van der Waals surface area (Å²) < 4.78 is 70.3. The van der Waals surface area contributed by atoms with Crippen molar-refractivity contribution in [2.75, 3.05) is 17.4 Å². The van der Waals surface area contributed by atoms with Crippen molar-refractivity contribution in [2.45, 2.75) is 43.9 Å². The van der Waals surface area contributed by atoms with Crippen molar-refractivity contribution >= 4 is 39.1 Å². The normalized spacial score (nSPS) is 12.3. The van der Waals surface area contributed by atoms with Crippen molar-refractivity contribution in [1.82, 2.24) is 10.2 Å². The van der Waals surface area contributed by atoms with Crippen molar-refractivity contribution in [1.29, 1.82) is 0 Å². The Morgan fingerprint density at radius 3 is 2.11 bits per heavy atom. The Morgan fingerprint density at radius 1 is 0.891 bits per heavy atom. The second-order valence-corrected chi connectivity index (χ2v) is 12.8. The summed E-state index contributed by atoms with van der Waals surface area (Å²) in [5.41, 5.74) is 0.621. The molecular formula is C34H33ClF3N3O4S. The van der Waals surface area contributed by atoms with Crippen LogP contribution in [-0.4, -0.2) is 44.3 Å². The molecule has 0 saturated heterocycles. The fraction of sp³-hybridized carbons (Fsp3) is 0.235. The van der Waals surface area contributed by atoms with E-state index in [4.69, 9.17) is 11.6 Å². The van der Waals surface area contributed by atoms with E-state index in [0.29, 0.717) is 15.9 Å². The van der Waals surface area contributed by atoms with Crippen LogP contribution in [0.2, 0.25) is 5.02 Å². The predicted molar refractivity (Wildman–Crippen MR) is 172 cm³/mol. The second-order valence-electron chi connectivity index (χ2n) is 10.5. The summed E-state index contributed by atoms with van der Waals surface area (Å²) in [6.07, 6.45) is -4.79. The number of halogens is 4. The van der Waals surface area contributed by atoms with Crippen LogP contribution in [0.5, 0.6) is 0 Å². The van der Waals surface area contributed by atoms with Gasteiger partial charge in [0.1, 0.15) is 12.6 Å². The number of carbonyl (C=O) groups is 2. The fourth-order valence-corrected chi connectivity index (χ4v) is 6.60. The van der Waals surface area contributed by atoms with Crippen molar-refractivity contribution < 1.29 is 31.2 Å². The van der Waals surface area contributed by atoms with Gasteiger partial charge in [-0.05, 0) is 60.9 Å². The average Bonchev–Trinajstić information content (AvgIpc) is 3.03. The van der Waals surface area contributed by atoms with Gasteiger partial charge < -0.3 is 10.2 Å². The number of nitrogens with one attached hydrogen (secondary N) is 1. The van der Waals surface area contributed by atoms with Crippen LogP contribution in [0, 0.1) is 6.92 Å². The Balaban J connectivity index is 1.86. The molecule has 0 spiro atoms. The van der Waals surface area contributed by atoms with Crippen LogP contribution in [0.25, 0.3) is 0 Å². The molecule has 7 nitrogen and oxygen atoms in total. The highest BCUT2D eigenvalue weighted by Gasteiger charge is 2.37. The zero-order chi connectivity index (χ0) is 33.5. The summed E-state index contributed by atoms with van der Waals surface area (Å²) in [5.74, 6) is -1.25. The Labute approximate surface area is 271 Å². The first-order valence-corrected chi connectivity index (χ1v) is 16.2. The lowest BCUT2D eigenvalue weighted by molar-refractivity contribution is -0.140. The van der Waals surface area contributed by atoms with E-state index in [9.17, 15) is 31.2 Å². The maximum absolute atomic E-state index is 14.4. The highest BCUT2D eigenvalue weighted by Crippen LogP contribution is 2.38. The Hall–Kier alpha value is -4.35. The average molecular weight is 672 g/mol. The van der Waals surface area contributed by atoms with Gasteiger partial charge in [0.15, 0.2) is 0 Å². The number of alkyl halides is 3. The molecule has 0 aliphatic rings. The molecule has 1 N–H and O–H groups in total. The van der Waals surface area contributed by atoms with Gasteiger partial charge in [0, 0.05) is 19.5 Å². The smallest absolute Gasteiger partial charge is 0.355 e. The standard InChI is InChI=1S/C34H33ClF3N3O4S/c1-3-39-33(43)31(20-25-13-6-4-7-14-25)40(22-26-15-11-10-12-24(26)2)32(42)23-41(46(44,45)28-16-8-5-9-17-28)27-18-19-30(35)29(21-27)34(36,37)38/h4-19,21,31H,3,20,22-23H2,1-2H3,(H,39,43)/t31-/m1/s1. The van der Waals surface area contributed by atoms with Gasteiger partial charge in [-0.1, -0.05) is 84.4 Å². The van der Waals surface area contributed by atoms with Gasteiger partial charge in [0.2, 0.25) is 11.8 Å². The number of benzene rings is 4. The number of nitrogens with zero attached hydrogens (tertiary/aromatic N) is 2. The Kier molecular flexibility index (Phi) is 11.1. The minimum absolute atomic E-state index is 0.0617. The third kappa shape index (κ3) is 8.27.